The van der Waals surface area contributed by atoms with E-state index in [1.54, 1.807) is 37.5 Å². The Balaban J connectivity index is 1.61. The summed E-state index contributed by atoms with van der Waals surface area (Å²) >= 11 is 0. The molecular weight excluding hydrogens is 392 g/mol. The highest BCUT2D eigenvalue weighted by Crippen LogP contribution is 2.23. The number of hydrogen-bond donors (Lipinski definition) is 0. The molecule has 0 bridgehead atoms. The number of benzene rings is 2. The Morgan fingerprint density at radius 1 is 0.645 bits per heavy atom. The number of carbonyl (C=O) groups is 2. The van der Waals surface area contributed by atoms with Gasteiger partial charge < -0.3 is 19.3 Å². The number of carbonyl (C=O) groups excluding carboxylic acids is 2. The lowest BCUT2D eigenvalue weighted by atomic mass is 10.1. The monoisotopic (exact) mass is 424 g/mol. The fraction of sp³-hybridized carbons (Fsp3) is 0.440. The zero-order valence-electron chi connectivity index (χ0n) is 18.8. The number of ether oxygens (including phenoxy) is 2. The third kappa shape index (κ3) is 5.78. The maximum absolute atomic E-state index is 13.2. The van der Waals surface area contributed by atoms with Crippen LogP contribution in [-0.4, -0.2) is 59.0 Å². The van der Waals surface area contributed by atoms with E-state index >= 15 is 0 Å². The molecule has 0 spiro atoms. The lowest BCUT2D eigenvalue weighted by Gasteiger charge is -2.33. The summed E-state index contributed by atoms with van der Waals surface area (Å²) in [5.74, 6) is 1.16. The van der Waals surface area contributed by atoms with Gasteiger partial charge in [0.25, 0.3) is 11.8 Å². The quantitative estimate of drug-likeness (QED) is 0.708. The van der Waals surface area contributed by atoms with Crippen molar-refractivity contribution in [1.29, 1.82) is 0 Å². The summed E-state index contributed by atoms with van der Waals surface area (Å²) < 4.78 is 11.9. The highest BCUT2D eigenvalue weighted by molar-refractivity contribution is 5.86. The van der Waals surface area contributed by atoms with Crippen molar-refractivity contribution in [3.05, 3.63) is 60.7 Å². The third-order valence-corrected chi connectivity index (χ3v) is 5.33. The molecule has 3 rings (SSSR count). The Morgan fingerprint density at radius 3 is 1.35 bits per heavy atom. The highest BCUT2D eigenvalue weighted by Gasteiger charge is 2.38. The molecule has 1 aliphatic rings. The molecule has 0 unspecified atom stereocenters. The van der Waals surface area contributed by atoms with Crippen molar-refractivity contribution < 1.29 is 19.1 Å². The van der Waals surface area contributed by atoms with Gasteiger partial charge in [0, 0.05) is 26.2 Å². The van der Waals surface area contributed by atoms with Gasteiger partial charge in [-0.15, -0.1) is 0 Å². The Morgan fingerprint density at radius 2 is 1.00 bits per heavy atom. The Labute approximate surface area is 184 Å². The Kier molecular flexibility index (Phi) is 6.88. The molecule has 2 aromatic carbocycles. The standard InChI is InChI=1S/C25H32N2O4/c1-24(2,30-20-12-7-5-8-13-20)22(28)26-16-11-17-27(19-18-26)23(29)25(3,4)31-21-14-9-6-10-15-21/h5-10,12-15H,11,16-19H2,1-4H3. The van der Waals surface area contributed by atoms with E-state index in [-0.39, 0.29) is 11.8 Å². The van der Waals surface area contributed by atoms with Gasteiger partial charge in [0.2, 0.25) is 0 Å². The molecule has 2 amide bonds. The summed E-state index contributed by atoms with van der Waals surface area (Å²) in [5, 5.41) is 0. The van der Waals surface area contributed by atoms with Gasteiger partial charge in [-0.2, -0.15) is 0 Å². The van der Waals surface area contributed by atoms with Crippen LogP contribution in [0.3, 0.4) is 0 Å². The van der Waals surface area contributed by atoms with Gasteiger partial charge in [-0.25, -0.2) is 0 Å². The molecule has 31 heavy (non-hydrogen) atoms. The van der Waals surface area contributed by atoms with Crippen LogP contribution < -0.4 is 9.47 Å². The van der Waals surface area contributed by atoms with E-state index in [1.807, 2.05) is 60.7 Å². The van der Waals surface area contributed by atoms with Crippen LogP contribution in [0.2, 0.25) is 0 Å². The maximum Gasteiger partial charge on any atom is 0.266 e. The van der Waals surface area contributed by atoms with Gasteiger partial charge in [-0.3, -0.25) is 9.59 Å². The van der Waals surface area contributed by atoms with Crippen LogP contribution in [0, 0.1) is 0 Å². The third-order valence-electron chi connectivity index (χ3n) is 5.33. The Hall–Kier alpha value is -3.02. The second-order valence-corrected chi connectivity index (χ2v) is 8.79. The van der Waals surface area contributed by atoms with Crippen LogP contribution in [0.5, 0.6) is 11.5 Å². The second kappa shape index (κ2) is 9.41. The summed E-state index contributed by atoms with van der Waals surface area (Å²) in [6, 6.07) is 18.7. The fourth-order valence-electron chi connectivity index (χ4n) is 3.74. The zero-order chi connectivity index (χ0) is 22.5. The molecule has 1 fully saturated rings. The highest BCUT2D eigenvalue weighted by atomic mass is 16.5. The first-order valence-corrected chi connectivity index (χ1v) is 10.8. The van der Waals surface area contributed by atoms with Crippen LogP contribution in [0.15, 0.2) is 60.7 Å². The number of hydrogen-bond acceptors (Lipinski definition) is 4. The molecular formula is C25H32N2O4. The zero-order valence-corrected chi connectivity index (χ0v) is 18.8. The van der Waals surface area contributed by atoms with E-state index in [9.17, 15) is 9.59 Å². The molecule has 0 radical (unpaired) electrons. The van der Waals surface area contributed by atoms with E-state index in [0.717, 1.165) is 0 Å². The molecule has 6 nitrogen and oxygen atoms in total. The molecule has 1 aliphatic heterocycles. The van der Waals surface area contributed by atoms with Gasteiger partial charge in [0.15, 0.2) is 11.2 Å². The number of nitrogens with zero attached hydrogens (tertiary/aromatic N) is 2. The second-order valence-electron chi connectivity index (χ2n) is 8.79. The lowest BCUT2D eigenvalue weighted by molar-refractivity contribution is -0.147. The number of amides is 2. The average Bonchev–Trinajstić information content (AvgIpc) is 2.99. The molecule has 166 valence electrons. The van der Waals surface area contributed by atoms with E-state index in [1.165, 1.54) is 0 Å². The van der Waals surface area contributed by atoms with Crippen LogP contribution in [0.4, 0.5) is 0 Å². The minimum Gasteiger partial charge on any atom is -0.478 e. The summed E-state index contributed by atoms with van der Waals surface area (Å²) in [7, 11) is 0. The van der Waals surface area contributed by atoms with Gasteiger partial charge in [0.1, 0.15) is 11.5 Å². The van der Waals surface area contributed by atoms with E-state index in [2.05, 4.69) is 0 Å². The van der Waals surface area contributed by atoms with Crippen molar-refractivity contribution >= 4 is 11.8 Å². The SMILES string of the molecule is CC(C)(Oc1ccccc1)C(=O)N1CCCN(C(=O)C(C)(C)Oc2ccccc2)CC1. The summed E-state index contributed by atoms with van der Waals surface area (Å²) in [6.07, 6.45) is 0.709. The van der Waals surface area contributed by atoms with Crippen LogP contribution in [0.25, 0.3) is 0 Å². The first-order valence-electron chi connectivity index (χ1n) is 10.8. The summed E-state index contributed by atoms with van der Waals surface area (Å²) in [5.41, 5.74) is -1.98. The molecule has 1 heterocycles. The average molecular weight is 425 g/mol. The molecule has 0 aliphatic carbocycles. The normalized spacial score (nSPS) is 15.2. The van der Waals surface area contributed by atoms with E-state index < -0.39 is 11.2 Å². The van der Waals surface area contributed by atoms with Crippen molar-refractivity contribution in [3.63, 3.8) is 0 Å². The topological polar surface area (TPSA) is 59.1 Å². The molecule has 0 saturated carbocycles. The maximum atomic E-state index is 13.2. The number of rotatable bonds is 6. The van der Waals surface area contributed by atoms with Crippen molar-refractivity contribution in [2.24, 2.45) is 0 Å². The first kappa shape index (κ1) is 22.7. The molecule has 0 N–H and O–H groups in total. The lowest BCUT2D eigenvalue weighted by Crippen LogP contribution is -2.52. The Bertz CT molecular complexity index is 807. The van der Waals surface area contributed by atoms with Crippen LogP contribution in [0.1, 0.15) is 34.1 Å². The molecule has 6 heteroatoms. The summed E-state index contributed by atoms with van der Waals surface area (Å²) in [6.45, 7) is 9.25. The predicted octanol–water partition coefficient (Wildman–Crippen LogP) is 3.76. The summed E-state index contributed by atoms with van der Waals surface area (Å²) in [4.78, 5) is 29.9. The molecule has 0 aromatic heterocycles. The van der Waals surface area contributed by atoms with E-state index in [0.29, 0.717) is 44.1 Å². The van der Waals surface area contributed by atoms with Crippen molar-refractivity contribution in [2.45, 2.75) is 45.3 Å². The molecule has 2 aromatic rings. The van der Waals surface area contributed by atoms with Crippen LogP contribution in [-0.2, 0) is 9.59 Å². The number of para-hydroxylation sites is 2. The van der Waals surface area contributed by atoms with Crippen molar-refractivity contribution in [3.8, 4) is 11.5 Å². The van der Waals surface area contributed by atoms with Gasteiger partial charge in [0.05, 0.1) is 0 Å². The fourth-order valence-corrected chi connectivity index (χ4v) is 3.74. The molecule has 0 atom stereocenters. The van der Waals surface area contributed by atoms with Crippen molar-refractivity contribution in [2.75, 3.05) is 26.2 Å². The smallest absolute Gasteiger partial charge is 0.266 e. The largest absolute Gasteiger partial charge is 0.478 e. The van der Waals surface area contributed by atoms with Crippen molar-refractivity contribution in [1.82, 2.24) is 9.80 Å². The molecule has 1 saturated heterocycles. The minimum absolute atomic E-state index is 0.0783. The van der Waals surface area contributed by atoms with Gasteiger partial charge in [-0.1, -0.05) is 36.4 Å². The van der Waals surface area contributed by atoms with Gasteiger partial charge in [-0.05, 0) is 58.4 Å². The minimum atomic E-state index is -0.990. The predicted molar refractivity (Wildman–Crippen MR) is 120 cm³/mol. The first-order chi connectivity index (χ1) is 14.7. The van der Waals surface area contributed by atoms with Gasteiger partial charge >= 0.3 is 0 Å². The van der Waals surface area contributed by atoms with E-state index in [4.69, 9.17) is 9.47 Å². The van der Waals surface area contributed by atoms with Crippen LogP contribution >= 0.6 is 0 Å².